The minimum atomic E-state index is 0.0514. The molecule has 0 aliphatic carbocycles. The van der Waals surface area contributed by atoms with Crippen LogP contribution >= 0.6 is 0 Å². The van der Waals surface area contributed by atoms with Crippen molar-refractivity contribution in [1.29, 1.82) is 0 Å². The van der Waals surface area contributed by atoms with Crippen molar-refractivity contribution in [1.82, 2.24) is 25.0 Å². The summed E-state index contributed by atoms with van der Waals surface area (Å²) >= 11 is 0. The molecule has 1 saturated heterocycles. The highest BCUT2D eigenvalue weighted by Crippen LogP contribution is 2.18. The Balaban J connectivity index is 1.56. The molecular weight excluding hydrogens is 290 g/mol. The van der Waals surface area contributed by atoms with Gasteiger partial charge in [0.1, 0.15) is 5.69 Å². The Morgan fingerprint density at radius 2 is 2.22 bits per heavy atom. The summed E-state index contributed by atoms with van der Waals surface area (Å²) in [6.45, 7) is 2.45. The maximum Gasteiger partial charge on any atom is 0.271 e. The van der Waals surface area contributed by atoms with Crippen molar-refractivity contribution in [3.8, 4) is 0 Å². The van der Waals surface area contributed by atoms with Gasteiger partial charge in [-0.05, 0) is 44.5 Å². The fourth-order valence-electron chi connectivity index (χ4n) is 3.14. The van der Waals surface area contributed by atoms with Crippen molar-refractivity contribution >= 4 is 5.91 Å². The third kappa shape index (κ3) is 3.96. The number of aromatic amines is 1. The van der Waals surface area contributed by atoms with E-state index in [0.29, 0.717) is 11.7 Å². The Morgan fingerprint density at radius 1 is 1.30 bits per heavy atom. The van der Waals surface area contributed by atoms with E-state index in [9.17, 15) is 4.79 Å². The van der Waals surface area contributed by atoms with E-state index >= 15 is 0 Å². The van der Waals surface area contributed by atoms with Gasteiger partial charge in [-0.3, -0.25) is 19.8 Å². The molecule has 1 N–H and O–H groups in total. The van der Waals surface area contributed by atoms with E-state index < -0.39 is 0 Å². The quantitative estimate of drug-likeness (QED) is 0.937. The van der Waals surface area contributed by atoms with E-state index in [-0.39, 0.29) is 5.91 Å². The van der Waals surface area contributed by atoms with Crippen molar-refractivity contribution in [2.24, 2.45) is 0 Å². The van der Waals surface area contributed by atoms with Crippen LogP contribution in [0.3, 0.4) is 0 Å². The summed E-state index contributed by atoms with van der Waals surface area (Å²) in [6, 6.07) is 8.23. The Kier molecular flexibility index (Phi) is 5.02. The highest BCUT2D eigenvalue weighted by molar-refractivity contribution is 5.92. The average molecular weight is 313 g/mol. The van der Waals surface area contributed by atoms with Crippen LogP contribution in [-0.2, 0) is 6.54 Å². The number of H-pyrrole nitrogens is 1. The Labute approximate surface area is 136 Å². The van der Waals surface area contributed by atoms with Crippen LogP contribution in [0.2, 0.25) is 0 Å². The lowest BCUT2D eigenvalue weighted by molar-refractivity contribution is 0.0751. The highest BCUT2D eigenvalue weighted by Gasteiger charge is 2.24. The van der Waals surface area contributed by atoms with Gasteiger partial charge in [-0.1, -0.05) is 6.07 Å². The number of carbonyl (C=O) groups is 1. The van der Waals surface area contributed by atoms with Gasteiger partial charge in [0, 0.05) is 38.1 Å². The molecular formula is C17H23N5O. The van der Waals surface area contributed by atoms with Crippen LogP contribution in [0.5, 0.6) is 0 Å². The molecule has 122 valence electrons. The molecule has 0 saturated carbocycles. The molecule has 0 spiro atoms. The molecule has 6 nitrogen and oxygen atoms in total. The number of rotatable bonds is 4. The molecule has 1 aliphatic heterocycles. The third-order valence-corrected chi connectivity index (χ3v) is 4.48. The minimum absolute atomic E-state index is 0.0514. The van der Waals surface area contributed by atoms with Crippen LogP contribution in [0, 0.1) is 0 Å². The molecule has 2 aromatic rings. The van der Waals surface area contributed by atoms with Crippen LogP contribution in [0.15, 0.2) is 36.7 Å². The predicted molar refractivity (Wildman–Crippen MR) is 87.8 cm³/mol. The number of nitrogens with zero attached hydrogens (tertiary/aromatic N) is 4. The van der Waals surface area contributed by atoms with Crippen LogP contribution < -0.4 is 0 Å². The third-order valence-electron chi connectivity index (χ3n) is 4.48. The van der Waals surface area contributed by atoms with Gasteiger partial charge in [0.15, 0.2) is 0 Å². The monoisotopic (exact) mass is 313 g/mol. The summed E-state index contributed by atoms with van der Waals surface area (Å²) in [5.41, 5.74) is 1.66. The average Bonchev–Trinajstić information content (AvgIpc) is 2.99. The molecule has 2 aromatic heterocycles. The zero-order valence-corrected chi connectivity index (χ0v) is 13.5. The molecule has 3 rings (SSSR count). The van der Waals surface area contributed by atoms with Crippen molar-refractivity contribution in [2.75, 3.05) is 20.1 Å². The van der Waals surface area contributed by atoms with Gasteiger partial charge in [0.05, 0.1) is 5.69 Å². The lowest BCUT2D eigenvalue weighted by Gasteiger charge is -2.27. The maximum absolute atomic E-state index is 12.4. The number of hydrogen-bond acceptors (Lipinski definition) is 4. The summed E-state index contributed by atoms with van der Waals surface area (Å²) in [7, 11) is 2.14. The predicted octanol–water partition coefficient (Wildman–Crippen LogP) is 1.93. The van der Waals surface area contributed by atoms with Crippen molar-refractivity contribution < 1.29 is 4.79 Å². The van der Waals surface area contributed by atoms with Gasteiger partial charge in [0.2, 0.25) is 0 Å². The summed E-state index contributed by atoms with van der Waals surface area (Å²) in [6.07, 6.45) is 6.58. The van der Waals surface area contributed by atoms with Crippen molar-refractivity contribution in [3.05, 3.63) is 48.0 Å². The van der Waals surface area contributed by atoms with Crippen LogP contribution in [0.25, 0.3) is 0 Å². The first-order valence-corrected chi connectivity index (χ1v) is 8.13. The molecule has 0 aromatic carbocycles. The summed E-state index contributed by atoms with van der Waals surface area (Å²) in [5, 5.41) is 6.63. The van der Waals surface area contributed by atoms with Crippen molar-refractivity contribution in [2.45, 2.75) is 31.8 Å². The molecule has 23 heavy (non-hydrogen) atoms. The summed E-state index contributed by atoms with van der Waals surface area (Å²) in [5.74, 6) is 0.0514. The summed E-state index contributed by atoms with van der Waals surface area (Å²) < 4.78 is 0. The van der Waals surface area contributed by atoms with E-state index in [4.69, 9.17) is 0 Å². The topological polar surface area (TPSA) is 65.1 Å². The molecule has 0 bridgehead atoms. The normalized spacial score (nSPS) is 18.9. The van der Waals surface area contributed by atoms with E-state index in [1.165, 1.54) is 0 Å². The number of hydrogen-bond donors (Lipinski definition) is 1. The lowest BCUT2D eigenvalue weighted by atomic mass is 10.1. The zero-order chi connectivity index (χ0) is 16.1. The van der Waals surface area contributed by atoms with Gasteiger partial charge < -0.3 is 4.90 Å². The van der Waals surface area contributed by atoms with E-state index in [1.807, 2.05) is 23.2 Å². The number of carbonyl (C=O) groups excluding carboxylic acids is 1. The van der Waals surface area contributed by atoms with Crippen molar-refractivity contribution in [3.63, 3.8) is 0 Å². The second-order valence-corrected chi connectivity index (χ2v) is 6.08. The first-order valence-electron chi connectivity index (χ1n) is 8.13. The molecule has 3 heterocycles. The van der Waals surface area contributed by atoms with Crippen LogP contribution in [0.4, 0.5) is 0 Å². The SMILES string of the molecule is CN(Cc1ccccn1)C1CCCN(C(=O)c2ccn[nH]2)CC1. The van der Waals surface area contributed by atoms with Gasteiger partial charge in [-0.15, -0.1) is 0 Å². The number of aromatic nitrogens is 3. The lowest BCUT2D eigenvalue weighted by Crippen LogP contribution is -2.35. The standard InChI is InChI=1S/C17H23N5O/c1-21(13-14-5-2-3-9-18-14)15-6-4-11-22(12-8-15)17(23)16-7-10-19-20-16/h2-3,5,7,9-10,15H,4,6,8,11-13H2,1H3,(H,19,20). The van der Waals surface area contributed by atoms with Gasteiger partial charge in [-0.25, -0.2) is 0 Å². The second kappa shape index (κ2) is 7.37. The van der Waals surface area contributed by atoms with E-state index in [0.717, 1.165) is 44.6 Å². The summed E-state index contributed by atoms with van der Waals surface area (Å²) in [4.78, 5) is 21.1. The van der Waals surface area contributed by atoms with Crippen LogP contribution in [-0.4, -0.2) is 57.1 Å². The molecule has 1 aliphatic rings. The Bertz CT molecular complexity index is 613. The first kappa shape index (κ1) is 15.7. The second-order valence-electron chi connectivity index (χ2n) is 6.08. The number of nitrogens with one attached hydrogen (secondary N) is 1. The fraction of sp³-hybridized carbons (Fsp3) is 0.471. The van der Waals surface area contributed by atoms with Crippen LogP contribution in [0.1, 0.15) is 35.4 Å². The molecule has 1 amide bonds. The minimum Gasteiger partial charge on any atom is -0.337 e. The van der Waals surface area contributed by atoms with Gasteiger partial charge in [0.25, 0.3) is 5.91 Å². The van der Waals surface area contributed by atoms with E-state index in [2.05, 4.69) is 33.2 Å². The largest absolute Gasteiger partial charge is 0.337 e. The molecule has 0 radical (unpaired) electrons. The zero-order valence-electron chi connectivity index (χ0n) is 13.5. The van der Waals surface area contributed by atoms with Gasteiger partial charge in [-0.2, -0.15) is 5.10 Å². The maximum atomic E-state index is 12.4. The van der Waals surface area contributed by atoms with Gasteiger partial charge >= 0.3 is 0 Å². The smallest absolute Gasteiger partial charge is 0.271 e. The molecule has 1 unspecified atom stereocenters. The molecule has 6 heteroatoms. The van der Waals surface area contributed by atoms with E-state index in [1.54, 1.807) is 12.3 Å². The highest BCUT2D eigenvalue weighted by atomic mass is 16.2. The molecule has 1 atom stereocenters. The number of likely N-dealkylation sites (tertiary alicyclic amines) is 1. The number of amides is 1. The number of pyridine rings is 1. The Hall–Kier alpha value is -2.21. The fourth-order valence-corrected chi connectivity index (χ4v) is 3.14. The first-order chi connectivity index (χ1) is 11.2. The molecule has 1 fully saturated rings. The Morgan fingerprint density at radius 3 is 2.96 bits per heavy atom.